The Morgan fingerprint density at radius 2 is 1.95 bits per heavy atom. The number of anilines is 1. The SMILES string of the molecule is Cc1cccc(CNc2ccc3c(c2)OCCCO3)n1. The summed E-state index contributed by atoms with van der Waals surface area (Å²) < 4.78 is 11.3. The Morgan fingerprint density at radius 3 is 2.80 bits per heavy atom. The van der Waals surface area contributed by atoms with Crippen molar-refractivity contribution in [1.82, 2.24) is 4.98 Å². The normalized spacial score (nSPS) is 13.7. The number of pyridine rings is 1. The number of benzene rings is 1. The molecular weight excluding hydrogens is 252 g/mol. The summed E-state index contributed by atoms with van der Waals surface area (Å²) in [4.78, 5) is 4.47. The number of aryl methyl sites for hydroxylation is 1. The second-order valence-corrected chi connectivity index (χ2v) is 4.84. The molecule has 0 bridgehead atoms. The van der Waals surface area contributed by atoms with Crippen molar-refractivity contribution in [3.63, 3.8) is 0 Å². The number of rotatable bonds is 3. The fourth-order valence-electron chi connectivity index (χ4n) is 2.16. The van der Waals surface area contributed by atoms with Gasteiger partial charge in [0.25, 0.3) is 0 Å². The predicted octanol–water partition coefficient (Wildman–Crippen LogP) is 3.16. The van der Waals surface area contributed by atoms with Crippen LogP contribution < -0.4 is 14.8 Å². The van der Waals surface area contributed by atoms with Crippen molar-refractivity contribution in [2.45, 2.75) is 19.9 Å². The van der Waals surface area contributed by atoms with Crippen molar-refractivity contribution in [2.75, 3.05) is 18.5 Å². The number of hydrogen-bond acceptors (Lipinski definition) is 4. The van der Waals surface area contributed by atoms with Crippen LogP contribution in [0.2, 0.25) is 0 Å². The van der Waals surface area contributed by atoms with Crippen LogP contribution in [0, 0.1) is 6.92 Å². The molecule has 2 aromatic rings. The highest BCUT2D eigenvalue weighted by Gasteiger charge is 2.10. The van der Waals surface area contributed by atoms with Gasteiger partial charge >= 0.3 is 0 Å². The van der Waals surface area contributed by atoms with E-state index in [-0.39, 0.29) is 0 Å². The van der Waals surface area contributed by atoms with Gasteiger partial charge in [0, 0.05) is 23.9 Å². The maximum absolute atomic E-state index is 5.68. The third-order valence-corrected chi connectivity index (χ3v) is 3.17. The third-order valence-electron chi connectivity index (χ3n) is 3.17. The van der Waals surface area contributed by atoms with Crippen LogP contribution in [-0.2, 0) is 6.54 Å². The number of nitrogens with zero attached hydrogens (tertiary/aromatic N) is 1. The number of aromatic nitrogens is 1. The second-order valence-electron chi connectivity index (χ2n) is 4.84. The first-order valence-corrected chi connectivity index (χ1v) is 6.87. The Hall–Kier alpha value is -2.23. The molecule has 0 spiro atoms. The Labute approximate surface area is 118 Å². The minimum atomic E-state index is 0.696. The lowest BCUT2D eigenvalue weighted by molar-refractivity contribution is 0.297. The van der Waals surface area contributed by atoms with Crippen LogP contribution in [0.3, 0.4) is 0 Å². The van der Waals surface area contributed by atoms with Gasteiger partial charge in [0.05, 0.1) is 25.5 Å². The standard InChI is InChI=1S/C16H18N2O2/c1-12-4-2-5-14(18-12)11-17-13-6-7-15-16(10-13)20-9-3-8-19-15/h2,4-7,10,17H,3,8-9,11H2,1H3. The molecule has 4 heteroatoms. The van der Waals surface area contributed by atoms with E-state index in [1.54, 1.807) is 0 Å². The Balaban J connectivity index is 1.70. The maximum atomic E-state index is 5.68. The minimum absolute atomic E-state index is 0.696. The number of fused-ring (bicyclic) bond motifs is 1. The molecular formula is C16H18N2O2. The zero-order valence-corrected chi connectivity index (χ0v) is 11.6. The Kier molecular flexibility index (Phi) is 3.72. The molecule has 2 heterocycles. The Morgan fingerprint density at radius 1 is 1.10 bits per heavy atom. The van der Waals surface area contributed by atoms with Crippen molar-refractivity contribution in [2.24, 2.45) is 0 Å². The molecule has 0 aliphatic carbocycles. The quantitative estimate of drug-likeness (QED) is 0.930. The number of ether oxygens (including phenoxy) is 2. The van der Waals surface area contributed by atoms with Crippen LogP contribution in [0.4, 0.5) is 5.69 Å². The molecule has 3 rings (SSSR count). The highest BCUT2D eigenvalue weighted by atomic mass is 16.5. The van der Waals surface area contributed by atoms with Gasteiger partial charge in [-0.25, -0.2) is 0 Å². The van der Waals surface area contributed by atoms with Crippen LogP contribution in [-0.4, -0.2) is 18.2 Å². The molecule has 1 aliphatic rings. The molecule has 0 radical (unpaired) electrons. The second kappa shape index (κ2) is 5.82. The van der Waals surface area contributed by atoms with E-state index in [9.17, 15) is 0 Å². The largest absolute Gasteiger partial charge is 0.490 e. The summed E-state index contributed by atoms with van der Waals surface area (Å²) in [6, 6.07) is 12.0. The molecule has 1 aliphatic heterocycles. The summed E-state index contributed by atoms with van der Waals surface area (Å²) in [5.41, 5.74) is 3.07. The van der Waals surface area contributed by atoms with Crippen LogP contribution >= 0.6 is 0 Å². The van der Waals surface area contributed by atoms with E-state index in [2.05, 4.69) is 10.3 Å². The maximum Gasteiger partial charge on any atom is 0.163 e. The van der Waals surface area contributed by atoms with Crippen molar-refractivity contribution in [3.05, 3.63) is 47.8 Å². The van der Waals surface area contributed by atoms with E-state index < -0.39 is 0 Å². The summed E-state index contributed by atoms with van der Waals surface area (Å²) >= 11 is 0. The van der Waals surface area contributed by atoms with Gasteiger partial charge in [-0.1, -0.05) is 6.07 Å². The van der Waals surface area contributed by atoms with Crippen molar-refractivity contribution < 1.29 is 9.47 Å². The molecule has 20 heavy (non-hydrogen) atoms. The fourth-order valence-corrected chi connectivity index (χ4v) is 2.16. The number of nitrogens with one attached hydrogen (secondary N) is 1. The summed E-state index contributed by atoms with van der Waals surface area (Å²) in [5.74, 6) is 1.63. The lowest BCUT2D eigenvalue weighted by Crippen LogP contribution is -2.02. The van der Waals surface area contributed by atoms with Gasteiger partial charge in [0.2, 0.25) is 0 Å². The smallest absolute Gasteiger partial charge is 0.163 e. The van der Waals surface area contributed by atoms with Crippen molar-refractivity contribution in [1.29, 1.82) is 0 Å². The molecule has 0 unspecified atom stereocenters. The lowest BCUT2D eigenvalue weighted by atomic mass is 10.2. The molecule has 0 fully saturated rings. The van der Waals surface area contributed by atoms with Gasteiger partial charge in [0.15, 0.2) is 11.5 Å². The Bertz CT molecular complexity index is 599. The van der Waals surface area contributed by atoms with Crippen LogP contribution in [0.15, 0.2) is 36.4 Å². The first kappa shape index (κ1) is 12.8. The molecule has 4 nitrogen and oxygen atoms in total. The van der Waals surface area contributed by atoms with Crippen LogP contribution in [0.25, 0.3) is 0 Å². The van der Waals surface area contributed by atoms with E-state index in [4.69, 9.17) is 9.47 Å². The van der Waals surface area contributed by atoms with Gasteiger partial charge in [0.1, 0.15) is 0 Å². The van der Waals surface area contributed by atoms with E-state index in [0.717, 1.165) is 35.0 Å². The fraction of sp³-hybridized carbons (Fsp3) is 0.312. The van der Waals surface area contributed by atoms with E-state index >= 15 is 0 Å². The first-order valence-electron chi connectivity index (χ1n) is 6.87. The molecule has 0 saturated heterocycles. The van der Waals surface area contributed by atoms with Crippen LogP contribution in [0.1, 0.15) is 17.8 Å². The average Bonchev–Trinajstić information content (AvgIpc) is 2.70. The van der Waals surface area contributed by atoms with Gasteiger partial charge < -0.3 is 14.8 Å². The lowest BCUT2D eigenvalue weighted by Gasteiger charge is -2.11. The predicted molar refractivity (Wildman–Crippen MR) is 78.3 cm³/mol. The molecule has 104 valence electrons. The van der Waals surface area contributed by atoms with E-state index in [0.29, 0.717) is 19.8 Å². The summed E-state index contributed by atoms with van der Waals surface area (Å²) in [6.45, 7) is 4.11. The van der Waals surface area contributed by atoms with E-state index in [1.807, 2.05) is 43.3 Å². The third kappa shape index (κ3) is 3.02. The zero-order valence-electron chi connectivity index (χ0n) is 11.6. The van der Waals surface area contributed by atoms with Gasteiger partial charge in [-0.2, -0.15) is 0 Å². The summed E-state index contributed by atoms with van der Waals surface area (Å²) in [5, 5.41) is 3.36. The van der Waals surface area contributed by atoms with Crippen LogP contribution in [0.5, 0.6) is 11.5 Å². The highest BCUT2D eigenvalue weighted by Crippen LogP contribution is 2.32. The summed E-state index contributed by atoms with van der Waals surface area (Å²) in [6.07, 6.45) is 0.921. The molecule has 0 saturated carbocycles. The molecule has 1 aromatic heterocycles. The van der Waals surface area contributed by atoms with Crippen molar-refractivity contribution in [3.8, 4) is 11.5 Å². The topological polar surface area (TPSA) is 43.4 Å². The molecule has 0 atom stereocenters. The highest BCUT2D eigenvalue weighted by molar-refractivity contribution is 5.55. The monoisotopic (exact) mass is 270 g/mol. The van der Waals surface area contributed by atoms with Gasteiger partial charge in [-0.15, -0.1) is 0 Å². The average molecular weight is 270 g/mol. The zero-order chi connectivity index (χ0) is 13.8. The minimum Gasteiger partial charge on any atom is -0.490 e. The molecule has 1 N–H and O–H groups in total. The molecule has 1 aromatic carbocycles. The molecule has 0 amide bonds. The van der Waals surface area contributed by atoms with Gasteiger partial charge in [-0.05, 0) is 31.2 Å². The first-order chi connectivity index (χ1) is 9.81. The van der Waals surface area contributed by atoms with Crippen molar-refractivity contribution >= 4 is 5.69 Å². The number of hydrogen-bond donors (Lipinski definition) is 1. The van der Waals surface area contributed by atoms with E-state index in [1.165, 1.54) is 0 Å². The summed E-state index contributed by atoms with van der Waals surface area (Å²) in [7, 11) is 0. The van der Waals surface area contributed by atoms with Gasteiger partial charge in [-0.3, -0.25) is 4.98 Å².